The van der Waals surface area contributed by atoms with Crippen molar-refractivity contribution in [1.29, 1.82) is 0 Å². The first-order chi connectivity index (χ1) is 6.22. The molecule has 13 heavy (non-hydrogen) atoms. The van der Waals surface area contributed by atoms with E-state index >= 15 is 0 Å². The fraction of sp³-hybridized carbons (Fsp3) is 0.556. The molecule has 0 saturated carbocycles. The number of primary amides is 1. The Morgan fingerprint density at radius 3 is 3.08 bits per heavy atom. The smallest absolute Gasteiger partial charge is 0.239 e. The lowest BCUT2D eigenvalue weighted by molar-refractivity contribution is -0.118. The highest BCUT2D eigenvalue weighted by Crippen LogP contribution is 2.03. The molecule has 0 aliphatic carbocycles. The number of amides is 1. The van der Waals surface area contributed by atoms with Gasteiger partial charge in [-0.25, -0.2) is 0 Å². The van der Waals surface area contributed by atoms with Gasteiger partial charge in [-0.3, -0.25) is 9.48 Å². The van der Waals surface area contributed by atoms with Crippen LogP contribution in [0.3, 0.4) is 0 Å². The third kappa shape index (κ3) is 3.27. The summed E-state index contributed by atoms with van der Waals surface area (Å²) in [6.45, 7) is 2.32. The molecule has 1 aromatic heterocycles. The lowest BCUT2D eigenvalue weighted by Crippen LogP contribution is -2.18. The highest BCUT2D eigenvalue weighted by Gasteiger charge is 2.00. The molecule has 1 heterocycles. The number of aryl methyl sites for hydroxylation is 1. The predicted molar refractivity (Wildman–Crippen MR) is 50.0 cm³/mol. The lowest BCUT2D eigenvalue weighted by Gasteiger charge is -1.94. The minimum absolute atomic E-state index is 0.173. The Bertz CT molecular complexity index is 280. The van der Waals surface area contributed by atoms with Crippen LogP contribution in [0.15, 0.2) is 12.4 Å². The van der Waals surface area contributed by atoms with E-state index in [1.165, 1.54) is 12.0 Å². The molecular weight excluding hydrogens is 166 g/mol. The maximum Gasteiger partial charge on any atom is 0.239 e. The number of carbonyl (C=O) groups excluding carboxylic acids is 1. The van der Waals surface area contributed by atoms with Crippen LogP contribution in [0.1, 0.15) is 25.3 Å². The second-order valence-corrected chi connectivity index (χ2v) is 3.12. The monoisotopic (exact) mass is 181 g/mol. The molecule has 1 rings (SSSR count). The van der Waals surface area contributed by atoms with Gasteiger partial charge in [0.1, 0.15) is 6.54 Å². The summed E-state index contributed by atoms with van der Waals surface area (Å²) in [5.41, 5.74) is 6.20. The van der Waals surface area contributed by atoms with Gasteiger partial charge in [0, 0.05) is 6.20 Å². The third-order valence-corrected chi connectivity index (χ3v) is 1.82. The number of nitrogens with two attached hydrogens (primary N) is 1. The zero-order valence-electron chi connectivity index (χ0n) is 7.86. The maximum atomic E-state index is 10.6. The van der Waals surface area contributed by atoms with Crippen LogP contribution in [0.25, 0.3) is 0 Å². The number of unbranched alkanes of at least 4 members (excludes halogenated alkanes) is 1. The molecule has 0 atom stereocenters. The van der Waals surface area contributed by atoms with Crippen LogP contribution in [0.4, 0.5) is 0 Å². The first kappa shape index (κ1) is 9.77. The van der Waals surface area contributed by atoms with Crippen molar-refractivity contribution in [2.75, 3.05) is 0 Å². The van der Waals surface area contributed by atoms with Crippen molar-refractivity contribution >= 4 is 5.91 Å². The van der Waals surface area contributed by atoms with Crippen LogP contribution in [-0.4, -0.2) is 15.7 Å². The minimum atomic E-state index is -0.356. The highest BCUT2D eigenvalue weighted by molar-refractivity contribution is 5.73. The number of rotatable bonds is 5. The van der Waals surface area contributed by atoms with Crippen molar-refractivity contribution in [1.82, 2.24) is 9.78 Å². The Morgan fingerprint density at radius 2 is 2.46 bits per heavy atom. The van der Waals surface area contributed by atoms with E-state index < -0.39 is 0 Å². The molecule has 0 aromatic carbocycles. The molecule has 4 nitrogen and oxygen atoms in total. The molecule has 0 bridgehead atoms. The van der Waals surface area contributed by atoms with E-state index in [9.17, 15) is 4.79 Å². The van der Waals surface area contributed by atoms with Gasteiger partial charge in [-0.2, -0.15) is 5.10 Å². The summed E-state index contributed by atoms with van der Waals surface area (Å²) in [6.07, 6.45) is 7.01. The Balaban J connectivity index is 2.48. The molecule has 1 amide bonds. The van der Waals surface area contributed by atoms with Gasteiger partial charge in [-0.15, -0.1) is 0 Å². The average molecular weight is 181 g/mol. The molecule has 0 radical (unpaired) electrons. The van der Waals surface area contributed by atoms with Crippen molar-refractivity contribution in [2.24, 2.45) is 5.73 Å². The third-order valence-electron chi connectivity index (χ3n) is 1.82. The average Bonchev–Trinajstić information content (AvgIpc) is 2.48. The highest BCUT2D eigenvalue weighted by atomic mass is 16.1. The van der Waals surface area contributed by atoms with Gasteiger partial charge in [0.25, 0.3) is 0 Å². The van der Waals surface area contributed by atoms with Crippen molar-refractivity contribution in [3.63, 3.8) is 0 Å². The van der Waals surface area contributed by atoms with E-state index in [4.69, 9.17) is 5.73 Å². The molecule has 1 aromatic rings. The normalized spacial score (nSPS) is 10.2. The fourth-order valence-electron chi connectivity index (χ4n) is 1.16. The SMILES string of the molecule is CCCCc1cnn(CC(N)=O)c1. The van der Waals surface area contributed by atoms with Gasteiger partial charge in [-0.1, -0.05) is 13.3 Å². The lowest BCUT2D eigenvalue weighted by atomic mass is 10.2. The molecular formula is C9H15N3O. The summed E-state index contributed by atoms with van der Waals surface area (Å²) in [5, 5.41) is 4.03. The summed E-state index contributed by atoms with van der Waals surface area (Å²) >= 11 is 0. The number of nitrogens with zero attached hydrogens (tertiary/aromatic N) is 2. The van der Waals surface area contributed by atoms with Crippen LogP contribution in [0, 0.1) is 0 Å². The Kier molecular flexibility index (Phi) is 3.49. The predicted octanol–water partition coefficient (Wildman–Crippen LogP) is 0.711. The standard InChI is InChI=1S/C9H15N3O/c1-2-3-4-8-5-11-12(6-8)7-9(10)13/h5-6H,2-4,7H2,1H3,(H2,10,13). The number of hydrogen-bond acceptors (Lipinski definition) is 2. The van der Waals surface area contributed by atoms with Gasteiger partial charge in [0.05, 0.1) is 6.20 Å². The van der Waals surface area contributed by atoms with Crippen LogP contribution >= 0.6 is 0 Å². The van der Waals surface area contributed by atoms with Crippen LogP contribution in [0.5, 0.6) is 0 Å². The van der Waals surface area contributed by atoms with Gasteiger partial charge in [0.2, 0.25) is 5.91 Å². The fourth-order valence-corrected chi connectivity index (χ4v) is 1.16. The van der Waals surface area contributed by atoms with Gasteiger partial charge in [0.15, 0.2) is 0 Å². The van der Waals surface area contributed by atoms with Crippen molar-refractivity contribution in [3.05, 3.63) is 18.0 Å². The Hall–Kier alpha value is -1.32. The molecule has 0 spiro atoms. The Morgan fingerprint density at radius 1 is 1.69 bits per heavy atom. The van der Waals surface area contributed by atoms with E-state index in [0.29, 0.717) is 0 Å². The number of hydrogen-bond donors (Lipinski definition) is 1. The van der Waals surface area contributed by atoms with E-state index in [1.807, 2.05) is 6.20 Å². The largest absolute Gasteiger partial charge is 0.368 e. The summed E-state index contributed by atoms with van der Waals surface area (Å²) in [7, 11) is 0. The minimum Gasteiger partial charge on any atom is -0.368 e. The second-order valence-electron chi connectivity index (χ2n) is 3.12. The van der Waals surface area contributed by atoms with Crippen molar-refractivity contribution < 1.29 is 4.79 Å². The zero-order chi connectivity index (χ0) is 9.68. The molecule has 2 N–H and O–H groups in total. The van der Waals surface area contributed by atoms with Crippen molar-refractivity contribution in [3.8, 4) is 0 Å². The second kappa shape index (κ2) is 4.64. The van der Waals surface area contributed by atoms with E-state index in [1.54, 1.807) is 10.9 Å². The molecule has 72 valence electrons. The van der Waals surface area contributed by atoms with Crippen LogP contribution in [-0.2, 0) is 17.8 Å². The summed E-state index contributed by atoms with van der Waals surface area (Å²) in [6, 6.07) is 0. The summed E-state index contributed by atoms with van der Waals surface area (Å²) < 4.78 is 1.58. The maximum absolute atomic E-state index is 10.6. The molecule has 0 unspecified atom stereocenters. The van der Waals surface area contributed by atoms with Crippen LogP contribution < -0.4 is 5.73 Å². The molecule has 0 fully saturated rings. The van der Waals surface area contributed by atoms with Crippen molar-refractivity contribution in [2.45, 2.75) is 32.7 Å². The topological polar surface area (TPSA) is 60.9 Å². The number of carbonyl (C=O) groups is 1. The quantitative estimate of drug-likeness (QED) is 0.727. The van der Waals surface area contributed by atoms with E-state index in [0.717, 1.165) is 12.8 Å². The van der Waals surface area contributed by atoms with Gasteiger partial charge < -0.3 is 5.73 Å². The first-order valence-electron chi connectivity index (χ1n) is 4.52. The van der Waals surface area contributed by atoms with E-state index in [2.05, 4.69) is 12.0 Å². The van der Waals surface area contributed by atoms with Gasteiger partial charge in [-0.05, 0) is 18.4 Å². The molecule has 0 saturated heterocycles. The number of aromatic nitrogens is 2. The van der Waals surface area contributed by atoms with Gasteiger partial charge >= 0.3 is 0 Å². The molecule has 0 aliphatic rings. The molecule has 0 aliphatic heterocycles. The zero-order valence-corrected chi connectivity index (χ0v) is 7.86. The first-order valence-corrected chi connectivity index (χ1v) is 4.52. The summed E-state index contributed by atoms with van der Waals surface area (Å²) in [4.78, 5) is 10.6. The van der Waals surface area contributed by atoms with Crippen LogP contribution in [0.2, 0.25) is 0 Å². The molecule has 4 heteroatoms. The van der Waals surface area contributed by atoms with E-state index in [-0.39, 0.29) is 12.5 Å². The summed E-state index contributed by atoms with van der Waals surface area (Å²) in [5.74, 6) is -0.356. The Labute approximate surface area is 77.7 Å².